The van der Waals surface area contributed by atoms with Gasteiger partial charge in [0.2, 0.25) is 5.95 Å². The van der Waals surface area contributed by atoms with E-state index >= 15 is 0 Å². The molecule has 4 nitrogen and oxygen atoms in total. The van der Waals surface area contributed by atoms with E-state index in [1.807, 2.05) is 13.1 Å². The van der Waals surface area contributed by atoms with Crippen LogP contribution in [-0.4, -0.2) is 31.8 Å². The van der Waals surface area contributed by atoms with Crippen LogP contribution in [0.1, 0.15) is 33.2 Å². The fourth-order valence-corrected chi connectivity index (χ4v) is 1.87. The number of anilines is 1. The highest BCUT2D eigenvalue weighted by Crippen LogP contribution is 2.12. The molecule has 0 bridgehead atoms. The molecule has 1 heterocycles. The average Bonchev–Trinajstić information content (AvgIpc) is 2.65. The second-order valence-electron chi connectivity index (χ2n) is 4.28. The van der Waals surface area contributed by atoms with Crippen molar-refractivity contribution < 1.29 is 4.21 Å². The van der Waals surface area contributed by atoms with Crippen LogP contribution >= 0.6 is 0 Å². The monoisotopic (exact) mass is 243 g/mol. The summed E-state index contributed by atoms with van der Waals surface area (Å²) >= 11 is 0. The minimum Gasteiger partial charge on any atom is -0.356 e. The third kappa shape index (κ3) is 3.63. The van der Waals surface area contributed by atoms with Crippen molar-refractivity contribution in [3.8, 4) is 0 Å². The maximum Gasteiger partial charge on any atom is 0.203 e. The summed E-state index contributed by atoms with van der Waals surface area (Å²) in [5.41, 5.74) is 0. The van der Waals surface area contributed by atoms with Crippen LogP contribution in [0.4, 0.5) is 5.95 Å². The molecule has 0 saturated heterocycles. The number of nitrogens with zero attached hydrogens (tertiary/aromatic N) is 2. The van der Waals surface area contributed by atoms with Crippen molar-refractivity contribution in [2.75, 3.05) is 18.1 Å². The van der Waals surface area contributed by atoms with Gasteiger partial charge in [-0.2, -0.15) is 0 Å². The molecule has 1 rings (SSSR count). The van der Waals surface area contributed by atoms with Crippen molar-refractivity contribution in [2.24, 2.45) is 0 Å². The third-order valence-electron chi connectivity index (χ3n) is 2.63. The summed E-state index contributed by atoms with van der Waals surface area (Å²) in [6.07, 6.45) is 6.41. The van der Waals surface area contributed by atoms with Crippen molar-refractivity contribution >= 4 is 16.7 Å². The van der Waals surface area contributed by atoms with E-state index in [0.29, 0.717) is 6.04 Å². The van der Waals surface area contributed by atoms with E-state index in [1.165, 1.54) is 0 Å². The van der Waals surface area contributed by atoms with Crippen LogP contribution in [0, 0.1) is 0 Å². The maximum atomic E-state index is 11.2. The Hall–Kier alpha value is -0.840. The number of hydrogen-bond acceptors (Lipinski definition) is 3. The molecule has 1 aromatic heterocycles. The third-order valence-corrected chi connectivity index (χ3v) is 3.99. The van der Waals surface area contributed by atoms with Crippen LogP contribution in [0.25, 0.3) is 0 Å². The number of hydrogen-bond donors (Lipinski definition) is 1. The zero-order valence-electron chi connectivity index (χ0n) is 10.4. The van der Waals surface area contributed by atoms with Gasteiger partial charge in [-0.15, -0.1) is 0 Å². The summed E-state index contributed by atoms with van der Waals surface area (Å²) in [6.45, 7) is 7.06. The molecule has 1 N–H and O–H groups in total. The molecular formula is C11H21N3OS. The van der Waals surface area contributed by atoms with Crippen molar-refractivity contribution in [2.45, 2.75) is 38.5 Å². The summed E-state index contributed by atoms with van der Waals surface area (Å²) in [4.78, 5) is 4.26. The molecule has 16 heavy (non-hydrogen) atoms. The second-order valence-corrected chi connectivity index (χ2v) is 6.08. The first-order valence-corrected chi connectivity index (χ1v) is 7.23. The molecule has 2 unspecified atom stereocenters. The van der Waals surface area contributed by atoms with E-state index in [0.717, 1.165) is 18.9 Å². The number of aromatic nitrogens is 2. The molecular weight excluding hydrogens is 222 g/mol. The number of nitrogens with one attached hydrogen (secondary N) is 1. The highest BCUT2D eigenvalue weighted by molar-refractivity contribution is 7.84. The van der Waals surface area contributed by atoms with E-state index in [-0.39, 0.29) is 5.25 Å². The van der Waals surface area contributed by atoms with Gasteiger partial charge >= 0.3 is 0 Å². The summed E-state index contributed by atoms with van der Waals surface area (Å²) < 4.78 is 13.3. The molecule has 0 aliphatic heterocycles. The van der Waals surface area contributed by atoms with E-state index in [9.17, 15) is 4.21 Å². The largest absolute Gasteiger partial charge is 0.356 e. The molecule has 0 aliphatic carbocycles. The van der Waals surface area contributed by atoms with Gasteiger partial charge in [0.1, 0.15) is 0 Å². The maximum absolute atomic E-state index is 11.2. The first kappa shape index (κ1) is 13.2. The Morgan fingerprint density at radius 2 is 2.19 bits per heavy atom. The Morgan fingerprint density at radius 1 is 1.50 bits per heavy atom. The molecule has 0 aromatic carbocycles. The smallest absolute Gasteiger partial charge is 0.203 e. The Balaban J connectivity index is 2.43. The minimum absolute atomic E-state index is 0.231. The summed E-state index contributed by atoms with van der Waals surface area (Å²) in [7, 11) is -0.740. The lowest BCUT2D eigenvalue weighted by Gasteiger charge is -2.14. The highest BCUT2D eigenvalue weighted by atomic mass is 32.2. The predicted octanol–water partition coefficient (Wildman–Crippen LogP) is 2.03. The normalized spacial score (nSPS) is 15.1. The lowest BCUT2D eigenvalue weighted by Crippen LogP contribution is -2.17. The molecule has 0 saturated carbocycles. The second kappa shape index (κ2) is 6.03. The van der Waals surface area contributed by atoms with E-state index in [1.54, 1.807) is 12.5 Å². The Kier molecular flexibility index (Phi) is 4.99. The van der Waals surface area contributed by atoms with Crippen LogP contribution in [-0.2, 0) is 10.8 Å². The summed E-state index contributed by atoms with van der Waals surface area (Å²) in [5, 5.41) is 3.51. The lowest BCUT2D eigenvalue weighted by atomic mass is 10.3. The average molecular weight is 243 g/mol. The number of imidazole rings is 1. The first-order chi connectivity index (χ1) is 7.52. The molecule has 1 aromatic rings. The molecule has 2 atom stereocenters. The molecule has 0 fully saturated rings. The predicted molar refractivity (Wildman–Crippen MR) is 69.2 cm³/mol. The summed E-state index contributed by atoms with van der Waals surface area (Å²) in [6, 6.07) is 0.405. The molecule has 0 amide bonds. The van der Waals surface area contributed by atoms with E-state index < -0.39 is 10.8 Å². The number of rotatable bonds is 6. The van der Waals surface area contributed by atoms with E-state index in [4.69, 9.17) is 0 Å². The minimum atomic E-state index is -0.740. The molecule has 0 aliphatic rings. The highest BCUT2D eigenvalue weighted by Gasteiger charge is 2.08. The molecule has 0 radical (unpaired) electrons. The molecule has 92 valence electrons. The molecule has 0 spiro atoms. The Bertz CT molecular complexity index is 349. The van der Waals surface area contributed by atoms with Gasteiger partial charge in [0.05, 0.1) is 0 Å². The van der Waals surface area contributed by atoms with Crippen molar-refractivity contribution in [1.29, 1.82) is 0 Å². The zero-order chi connectivity index (χ0) is 12.1. The standard InChI is InChI=1S/C11H21N3OS/c1-9(2)14-8-7-13-11(14)12-6-5-10(3)16(4)15/h7-10H,5-6H2,1-4H3,(H,12,13). The van der Waals surface area contributed by atoms with Gasteiger partial charge in [-0.05, 0) is 20.3 Å². The van der Waals surface area contributed by atoms with Crippen LogP contribution in [0.3, 0.4) is 0 Å². The van der Waals surface area contributed by atoms with Crippen LogP contribution < -0.4 is 5.32 Å². The van der Waals surface area contributed by atoms with Crippen LogP contribution in [0.5, 0.6) is 0 Å². The molecule has 5 heteroatoms. The van der Waals surface area contributed by atoms with Gasteiger partial charge in [0.15, 0.2) is 0 Å². The van der Waals surface area contributed by atoms with Crippen molar-refractivity contribution in [3.63, 3.8) is 0 Å². The van der Waals surface area contributed by atoms with Crippen molar-refractivity contribution in [1.82, 2.24) is 9.55 Å². The van der Waals surface area contributed by atoms with Gasteiger partial charge in [-0.3, -0.25) is 4.21 Å². The topological polar surface area (TPSA) is 46.9 Å². The Labute approximate surface area is 99.9 Å². The van der Waals surface area contributed by atoms with Gasteiger partial charge in [-0.1, -0.05) is 6.92 Å². The van der Waals surface area contributed by atoms with Gasteiger partial charge in [-0.25, -0.2) is 4.98 Å². The fraction of sp³-hybridized carbons (Fsp3) is 0.727. The van der Waals surface area contributed by atoms with Gasteiger partial charge in [0, 0.05) is 47.3 Å². The fourth-order valence-electron chi connectivity index (χ4n) is 1.42. The van der Waals surface area contributed by atoms with Crippen molar-refractivity contribution in [3.05, 3.63) is 12.4 Å². The van der Waals surface area contributed by atoms with E-state index in [2.05, 4.69) is 28.7 Å². The quantitative estimate of drug-likeness (QED) is 0.831. The van der Waals surface area contributed by atoms with Gasteiger partial charge in [0.25, 0.3) is 0 Å². The Morgan fingerprint density at radius 3 is 2.75 bits per heavy atom. The zero-order valence-corrected chi connectivity index (χ0v) is 11.3. The first-order valence-electron chi connectivity index (χ1n) is 5.61. The SMILES string of the molecule is CC(C)n1ccnc1NCCC(C)S(C)=O. The van der Waals surface area contributed by atoms with Crippen LogP contribution in [0.2, 0.25) is 0 Å². The summed E-state index contributed by atoms with van der Waals surface area (Å²) in [5.74, 6) is 0.893. The van der Waals surface area contributed by atoms with Crippen LogP contribution in [0.15, 0.2) is 12.4 Å². The lowest BCUT2D eigenvalue weighted by molar-refractivity contribution is 0.603. The van der Waals surface area contributed by atoms with Gasteiger partial charge < -0.3 is 9.88 Å².